The number of aromatic nitrogens is 3. The summed E-state index contributed by atoms with van der Waals surface area (Å²) in [7, 11) is 1.66. The number of ether oxygens (including phenoxy) is 2. The lowest BCUT2D eigenvalue weighted by Crippen LogP contribution is -3.12. The van der Waals surface area contributed by atoms with Gasteiger partial charge in [0.05, 0.1) is 32.7 Å². The Labute approximate surface area is 177 Å². The van der Waals surface area contributed by atoms with Gasteiger partial charge in [-0.3, -0.25) is 9.36 Å². The van der Waals surface area contributed by atoms with Crippen LogP contribution in [-0.2, 0) is 16.2 Å². The number of carbonyl (C=O) groups excluding carboxylic acids is 1. The van der Waals surface area contributed by atoms with Crippen molar-refractivity contribution in [3.05, 3.63) is 29.0 Å². The van der Waals surface area contributed by atoms with Gasteiger partial charge in [-0.2, -0.15) is 4.68 Å². The fourth-order valence-corrected chi connectivity index (χ4v) is 4.22. The van der Waals surface area contributed by atoms with E-state index in [1.165, 1.54) is 4.90 Å². The van der Waals surface area contributed by atoms with Crippen molar-refractivity contribution in [3.8, 4) is 17.1 Å². The number of rotatable bonds is 7. The molecule has 0 spiro atoms. The maximum Gasteiger partial charge on any atom is 0.309 e. The molecule has 2 heterocycles. The third-order valence-electron chi connectivity index (χ3n) is 5.42. The van der Waals surface area contributed by atoms with E-state index >= 15 is 0 Å². The van der Waals surface area contributed by atoms with Crippen molar-refractivity contribution in [1.82, 2.24) is 14.3 Å². The van der Waals surface area contributed by atoms with E-state index in [1.54, 1.807) is 7.11 Å². The second kappa shape index (κ2) is 9.54. The number of quaternary nitrogens is 1. The van der Waals surface area contributed by atoms with Crippen molar-refractivity contribution in [3.63, 3.8) is 0 Å². The molecule has 0 unspecified atom stereocenters. The van der Waals surface area contributed by atoms with Crippen LogP contribution < -0.4 is 9.64 Å². The van der Waals surface area contributed by atoms with Crippen molar-refractivity contribution in [2.75, 3.05) is 26.8 Å². The summed E-state index contributed by atoms with van der Waals surface area (Å²) in [6, 6.07) is 8.10. The second-order valence-corrected chi connectivity index (χ2v) is 8.10. The second-order valence-electron chi connectivity index (χ2n) is 7.73. The van der Waals surface area contributed by atoms with Crippen molar-refractivity contribution in [1.29, 1.82) is 0 Å². The van der Waals surface area contributed by atoms with Gasteiger partial charge in [-0.15, -0.1) is 5.10 Å². The standard InChI is InChI=1S/C21H30N4O3S/c1-5-28-20(26)17-10-12-23(13-11-17)14-24-21(29)25(15(2)3)19(22-24)16-6-8-18(27-4)9-7-16/h6-9,15,17H,5,10-14H2,1-4H3/p+1. The SMILES string of the molecule is CCOC(=O)C1CC[NH+](Cn2nc(-c3ccc(OC)cc3)n(C(C)C)c2=S)CC1. The van der Waals surface area contributed by atoms with E-state index in [0.717, 1.165) is 47.8 Å². The van der Waals surface area contributed by atoms with Gasteiger partial charge in [0, 0.05) is 24.4 Å². The molecule has 1 aliphatic heterocycles. The Bertz CT molecular complexity index is 880. The average molecular weight is 420 g/mol. The Kier molecular flexibility index (Phi) is 7.08. The van der Waals surface area contributed by atoms with Crippen molar-refractivity contribution < 1.29 is 19.2 Å². The minimum Gasteiger partial charge on any atom is -0.497 e. The molecule has 2 aromatic rings. The van der Waals surface area contributed by atoms with Crippen molar-refractivity contribution >= 4 is 18.2 Å². The first-order valence-electron chi connectivity index (χ1n) is 10.3. The van der Waals surface area contributed by atoms with Gasteiger partial charge in [-0.25, -0.2) is 0 Å². The van der Waals surface area contributed by atoms with Gasteiger partial charge in [0.25, 0.3) is 0 Å². The monoisotopic (exact) mass is 419 g/mol. The number of hydrogen-bond donors (Lipinski definition) is 1. The minimum atomic E-state index is -0.0611. The van der Waals surface area contributed by atoms with Crippen LogP contribution in [0.4, 0.5) is 0 Å². The normalized spacial score (nSPS) is 19.3. The lowest BCUT2D eigenvalue weighted by molar-refractivity contribution is -0.929. The zero-order valence-electron chi connectivity index (χ0n) is 17.7. The number of piperidine rings is 1. The fraction of sp³-hybridized carbons (Fsp3) is 0.571. The molecule has 0 amide bonds. The summed E-state index contributed by atoms with van der Waals surface area (Å²) >= 11 is 5.76. The van der Waals surface area contributed by atoms with Crippen LogP contribution in [0.3, 0.4) is 0 Å². The summed E-state index contributed by atoms with van der Waals surface area (Å²) in [6.07, 6.45) is 1.69. The molecule has 0 atom stereocenters. The Hall–Kier alpha value is -2.19. The van der Waals surface area contributed by atoms with Gasteiger partial charge in [0.1, 0.15) is 5.75 Å². The Balaban J connectivity index is 1.77. The zero-order chi connectivity index (χ0) is 21.0. The summed E-state index contributed by atoms with van der Waals surface area (Å²) in [5.74, 6) is 1.65. The molecule has 29 heavy (non-hydrogen) atoms. The predicted octanol–water partition coefficient (Wildman–Crippen LogP) is 2.49. The smallest absolute Gasteiger partial charge is 0.309 e. The number of likely N-dealkylation sites (tertiary alicyclic amines) is 1. The average Bonchev–Trinajstić information content (AvgIpc) is 3.05. The highest BCUT2D eigenvalue weighted by Crippen LogP contribution is 2.24. The molecule has 1 aromatic carbocycles. The van der Waals surface area contributed by atoms with Gasteiger partial charge in [-0.05, 0) is 57.3 Å². The van der Waals surface area contributed by atoms with Crippen LogP contribution in [0.15, 0.2) is 24.3 Å². The summed E-state index contributed by atoms with van der Waals surface area (Å²) < 4.78 is 15.2. The van der Waals surface area contributed by atoms with Crippen LogP contribution in [0.25, 0.3) is 11.4 Å². The molecule has 1 fully saturated rings. The molecular formula is C21H31N4O3S+. The van der Waals surface area contributed by atoms with E-state index in [4.69, 9.17) is 26.8 Å². The van der Waals surface area contributed by atoms with E-state index in [9.17, 15) is 4.79 Å². The number of esters is 1. The Morgan fingerprint density at radius 3 is 2.48 bits per heavy atom. The van der Waals surface area contributed by atoms with E-state index in [0.29, 0.717) is 13.3 Å². The molecule has 158 valence electrons. The molecule has 1 aliphatic rings. The van der Waals surface area contributed by atoms with Crippen molar-refractivity contribution in [2.45, 2.75) is 46.3 Å². The number of nitrogens with zero attached hydrogens (tertiary/aromatic N) is 3. The van der Waals surface area contributed by atoms with Gasteiger partial charge >= 0.3 is 5.97 Å². The highest BCUT2D eigenvalue weighted by atomic mass is 32.1. The van der Waals surface area contributed by atoms with E-state index in [1.807, 2.05) is 35.9 Å². The minimum absolute atomic E-state index is 0.0229. The zero-order valence-corrected chi connectivity index (χ0v) is 18.5. The van der Waals surface area contributed by atoms with Crippen molar-refractivity contribution in [2.24, 2.45) is 5.92 Å². The number of nitrogens with one attached hydrogen (secondary N) is 1. The van der Waals surface area contributed by atoms with E-state index < -0.39 is 0 Å². The topological polar surface area (TPSA) is 62.7 Å². The molecule has 0 bridgehead atoms. The molecule has 1 saturated heterocycles. The van der Waals surface area contributed by atoms with Crippen LogP contribution >= 0.6 is 12.2 Å². The third-order valence-corrected chi connectivity index (χ3v) is 5.83. The lowest BCUT2D eigenvalue weighted by Gasteiger charge is -2.27. The first kappa shape index (κ1) is 21.5. The molecule has 0 radical (unpaired) electrons. The molecule has 7 nitrogen and oxygen atoms in total. The number of hydrogen-bond acceptors (Lipinski definition) is 5. The molecule has 1 N–H and O–H groups in total. The molecule has 0 aliphatic carbocycles. The Morgan fingerprint density at radius 1 is 1.28 bits per heavy atom. The highest BCUT2D eigenvalue weighted by Gasteiger charge is 2.29. The first-order chi connectivity index (χ1) is 13.9. The lowest BCUT2D eigenvalue weighted by atomic mass is 9.97. The van der Waals surface area contributed by atoms with Crippen LogP contribution in [0.2, 0.25) is 0 Å². The maximum atomic E-state index is 12.0. The molecule has 8 heteroatoms. The van der Waals surface area contributed by atoms with Crippen LogP contribution in [0.1, 0.15) is 39.7 Å². The van der Waals surface area contributed by atoms with Gasteiger partial charge in [0.15, 0.2) is 12.5 Å². The maximum absolute atomic E-state index is 12.0. The predicted molar refractivity (Wildman–Crippen MR) is 113 cm³/mol. The molecule has 3 rings (SSSR count). The van der Waals surface area contributed by atoms with Gasteiger partial charge in [-0.1, -0.05) is 0 Å². The summed E-state index contributed by atoms with van der Waals surface area (Å²) in [5.41, 5.74) is 1.01. The fourth-order valence-electron chi connectivity index (χ4n) is 3.82. The highest BCUT2D eigenvalue weighted by molar-refractivity contribution is 7.71. The van der Waals surface area contributed by atoms with Crippen LogP contribution in [0, 0.1) is 10.7 Å². The van der Waals surface area contributed by atoms with E-state index in [2.05, 4.69) is 18.4 Å². The van der Waals surface area contributed by atoms with Gasteiger partial charge < -0.3 is 14.4 Å². The van der Waals surface area contributed by atoms with E-state index in [-0.39, 0.29) is 17.9 Å². The third kappa shape index (κ3) is 4.87. The van der Waals surface area contributed by atoms with Crippen LogP contribution in [0.5, 0.6) is 5.75 Å². The summed E-state index contributed by atoms with van der Waals surface area (Å²) in [6.45, 7) is 9.07. The number of methoxy groups -OCH3 is 1. The quantitative estimate of drug-likeness (QED) is 0.552. The number of carbonyl (C=O) groups is 1. The van der Waals surface area contributed by atoms with Crippen LogP contribution in [-0.4, -0.2) is 47.1 Å². The molecule has 1 aromatic heterocycles. The first-order valence-corrected chi connectivity index (χ1v) is 10.7. The largest absolute Gasteiger partial charge is 0.497 e. The summed E-state index contributed by atoms with van der Waals surface area (Å²) in [5, 5.41) is 4.86. The molecular weight excluding hydrogens is 388 g/mol. The molecule has 0 saturated carbocycles. The summed E-state index contributed by atoms with van der Waals surface area (Å²) in [4.78, 5) is 13.4. The van der Waals surface area contributed by atoms with Gasteiger partial charge in [0.2, 0.25) is 4.77 Å². The Morgan fingerprint density at radius 2 is 1.93 bits per heavy atom. The number of benzene rings is 1.